The number of anilines is 1. The van der Waals surface area contributed by atoms with Crippen molar-refractivity contribution in [3.8, 4) is 0 Å². The number of nitrogens with one attached hydrogen (secondary N) is 1. The number of aryl methyl sites for hydroxylation is 1. The van der Waals surface area contributed by atoms with Crippen molar-refractivity contribution in [1.29, 1.82) is 0 Å². The molecule has 0 spiro atoms. The first-order valence-electron chi connectivity index (χ1n) is 15.8. The molecule has 6 rings (SSSR count). The molecule has 0 amide bonds. The van der Waals surface area contributed by atoms with E-state index >= 15 is 0 Å². The Morgan fingerprint density at radius 1 is 0.674 bits per heavy atom. The van der Waals surface area contributed by atoms with Crippen LogP contribution in [0.3, 0.4) is 0 Å². The molecule has 0 unspecified atom stereocenters. The fraction of sp³-hybridized carbons (Fsp3) is 0.316. The van der Waals surface area contributed by atoms with Gasteiger partial charge >= 0.3 is 11.9 Å². The second kappa shape index (κ2) is 13.5. The van der Waals surface area contributed by atoms with Gasteiger partial charge in [0.2, 0.25) is 0 Å². The van der Waals surface area contributed by atoms with Crippen LogP contribution in [0.15, 0.2) is 91.0 Å². The Hall–Kier alpha value is -3.84. The average Bonchev–Trinajstić information content (AvgIpc) is 3.08. The van der Waals surface area contributed by atoms with Crippen molar-refractivity contribution in [2.45, 2.75) is 50.7 Å². The minimum atomic E-state index is -0.792. The van der Waals surface area contributed by atoms with E-state index in [1.165, 1.54) is 0 Å². The summed E-state index contributed by atoms with van der Waals surface area (Å²) in [7, 11) is 0. The van der Waals surface area contributed by atoms with Crippen molar-refractivity contribution in [1.82, 2.24) is 5.32 Å². The number of piperidine rings is 2. The molecule has 2 saturated heterocycles. The van der Waals surface area contributed by atoms with Crippen LogP contribution in [-0.4, -0.2) is 38.1 Å². The fourth-order valence-corrected chi connectivity index (χ4v) is 7.04. The Morgan fingerprint density at radius 2 is 1.30 bits per heavy atom. The summed E-state index contributed by atoms with van der Waals surface area (Å²) in [6, 6.07) is 29.0. The number of halogens is 2. The molecule has 0 atom stereocenters. The largest absolute Gasteiger partial charge is 0.450 e. The third-order valence-corrected chi connectivity index (χ3v) is 10.2. The van der Waals surface area contributed by atoms with Gasteiger partial charge in [0, 0.05) is 49.5 Å². The summed E-state index contributed by atoms with van der Waals surface area (Å²) in [6.45, 7) is 6.59. The molecule has 238 valence electrons. The zero-order chi connectivity index (χ0) is 32.3. The monoisotopic (exact) mass is 656 g/mol. The van der Waals surface area contributed by atoms with E-state index in [-0.39, 0.29) is 5.97 Å². The highest BCUT2D eigenvalue weighted by molar-refractivity contribution is 6.33. The van der Waals surface area contributed by atoms with Crippen molar-refractivity contribution >= 4 is 40.8 Å². The molecular formula is C38H38Cl2N2O4. The van der Waals surface area contributed by atoms with Gasteiger partial charge in [-0.25, -0.2) is 9.59 Å². The highest BCUT2D eigenvalue weighted by Crippen LogP contribution is 2.42. The van der Waals surface area contributed by atoms with E-state index in [4.69, 9.17) is 32.7 Å². The van der Waals surface area contributed by atoms with E-state index in [1.807, 2.05) is 56.3 Å². The van der Waals surface area contributed by atoms with Crippen LogP contribution < -0.4 is 10.2 Å². The number of nitrogens with zero attached hydrogens (tertiary/aromatic N) is 1. The Kier molecular flexibility index (Phi) is 9.42. The summed E-state index contributed by atoms with van der Waals surface area (Å²) in [6.07, 6.45) is 2.54. The Bertz CT molecular complexity index is 1730. The van der Waals surface area contributed by atoms with Gasteiger partial charge in [0.1, 0.15) is 11.2 Å². The first kappa shape index (κ1) is 32.1. The van der Waals surface area contributed by atoms with E-state index in [0.29, 0.717) is 65.5 Å². The topological polar surface area (TPSA) is 67.9 Å². The molecule has 0 aromatic heterocycles. The summed E-state index contributed by atoms with van der Waals surface area (Å²) in [5, 5.41) is 4.33. The molecule has 1 N–H and O–H groups in total. The molecule has 0 radical (unpaired) electrons. The van der Waals surface area contributed by atoms with Crippen molar-refractivity contribution in [3.05, 3.63) is 134 Å². The molecule has 4 aromatic carbocycles. The van der Waals surface area contributed by atoms with E-state index in [9.17, 15) is 9.59 Å². The van der Waals surface area contributed by atoms with Crippen LogP contribution >= 0.6 is 23.2 Å². The van der Waals surface area contributed by atoms with Gasteiger partial charge in [-0.1, -0.05) is 83.4 Å². The van der Waals surface area contributed by atoms with Gasteiger partial charge < -0.3 is 19.7 Å². The van der Waals surface area contributed by atoms with Crippen LogP contribution in [0, 0.1) is 13.8 Å². The SMILES string of the molecule is Cc1ccc(Cl)c(C(=O)OC2(c3ccccc3)CCN(c3cccc(C4(OC(=O)c5cccc(Cl)c5C)CCNCC4)c3)CC2)c1. The number of carbonyl (C=O) groups excluding carboxylic acids is 2. The van der Waals surface area contributed by atoms with Gasteiger partial charge in [-0.15, -0.1) is 0 Å². The predicted octanol–water partition coefficient (Wildman–Crippen LogP) is 8.40. The van der Waals surface area contributed by atoms with Gasteiger partial charge in [-0.2, -0.15) is 0 Å². The second-order valence-electron chi connectivity index (χ2n) is 12.3. The maximum Gasteiger partial charge on any atom is 0.340 e. The third kappa shape index (κ3) is 6.52. The van der Waals surface area contributed by atoms with Crippen LogP contribution in [0.5, 0.6) is 0 Å². The zero-order valence-corrected chi connectivity index (χ0v) is 27.7. The minimum Gasteiger partial charge on any atom is -0.450 e. The molecule has 2 fully saturated rings. The lowest BCUT2D eigenvalue weighted by molar-refractivity contribution is -0.0384. The Morgan fingerprint density at radius 3 is 2.02 bits per heavy atom. The molecular weight excluding hydrogens is 619 g/mol. The van der Waals surface area contributed by atoms with Crippen LogP contribution in [0.1, 0.15) is 68.7 Å². The minimum absolute atomic E-state index is 0.367. The summed E-state index contributed by atoms with van der Waals surface area (Å²) in [5.74, 6) is -0.786. The van der Waals surface area contributed by atoms with E-state index in [1.54, 1.807) is 30.3 Å². The standard InChI is InChI=1S/C38H38Cl2N2O4/c1-26-14-15-34(40)32(24-26)36(44)46-38(28-8-4-3-5-9-28)18-22-42(23-19-38)30-11-6-10-29(25-30)37(16-20-41-21-17-37)45-35(43)31-12-7-13-33(39)27(31)2/h3-15,24-25,41H,16-23H2,1-2H3. The Labute approximate surface area is 280 Å². The number of rotatable bonds is 7. The van der Waals surface area contributed by atoms with E-state index in [0.717, 1.165) is 35.5 Å². The fourth-order valence-electron chi connectivity index (χ4n) is 6.67. The number of hydrogen-bond acceptors (Lipinski definition) is 6. The molecule has 2 aliphatic heterocycles. The third-order valence-electron chi connectivity index (χ3n) is 9.43. The smallest absolute Gasteiger partial charge is 0.340 e. The molecule has 2 heterocycles. The van der Waals surface area contributed by atoms with Crippen molar-refractivity contribution < 1.29 is 19.1 Å². The normalized spacial score (nSPS) is 17.3. The lowest BCUT2D eigenvalue weighted by Gasteiger charge is -2.43. The van der Waals surface area contributed by atoms with Gasteiger partial charge in [0.25, 0.3) is 0 Å². The average molecular weight is 658 g/mol. The van der Waals surface area contributed by atoms with E-state index in [2.05, 4.69) is 28.4 Å². The predicted molar refractivity (Wildman–Crippen MR) is 183 cm³/mol. The van der Waals surface area contributed by atoms with Crippen molar-refractivity contribution in [3.63, 3.8) is 0 Å². The number of ether oxygens (including phenoxy) is 2. The van der Waals surface area contributed by atoms with Crippen LogP contribution in [0.2, 0.25) is 10.0 Å². The lowest BCUT2D eigenvalue weighted by Crippen LogP contribution is -2.46. The molecule has 0 aliphatic carbocycles. The van der Waals surface area contributed by atoms with Crippen molar-refractivity contribution in [2.24, 2.45) is 0 Å². The molecule has 4 aromatic rings. The summed E-state index contributed by atoms with van der Waals surface area (Å²) in [4.78, 5) is 29.4. The van der Waals surface area contributed by atoms with Crippen molar-refractivity contribution in [2.75, 3.05) is 31.1 Å². The molecule has 46 heavy (non-hydrogen) atoms. The second-order valence-corrected chi connectivity index (χ2v) is 13.1. The summed E-state index contributed by atoms with van der Waals surface area (Å²) < 4.78 is 12.8. The van der Waals surface area contributed by atoms with Crippen LogP contribution in [-0.2, 0) is 20.7 Å². The first-order chi connectivity index (χ1) is 22.2. The van der Waals surface area contributed by atoms with E-state index < -0.39 is 17.2 Å². The number of esters is 2. The van der Waals surface area contributed by atoms with Gasteiger partial charge in [0.15, 0.2) is 0 Å². The van der Waals surface area contributed by atoms with Gasteiger partial charge in [-0.05, 0) is 80.0 Å². The van der Waals surface area contributed by atoms with Crippen LogP contribution in [0.25, 0.3) is 0 Å². The highest BCUT2D eigenvalue weighted by Gasteiger charge is 2.42. The van der Waals surface area contributed by atoms with Gasteiger partial charge in [0.05, 0.1) is 16.1 Å². The molecule has 0 bridgehead atoms. The number of hydrogen-bond donors (Lipinski definition) is 1. The summed E-state index contributed by atoms with van der Waals surface area (Å²) in [5.41, 5.74) is 3.95. The quantitative estimate of drug-likeness (QED) is 0.202. The molecule has 6 nitrogen and oxygen atoms in total. The summed E-state index contributed by atoms with van der Waals surface area (Å²) >= 11 is 12.8. The molecule has 8 heteroatoms. The molecule has 2 aliphatic rings. The maximum atomic E-state index is 13.5. The highest BCUT2D eigenvalue weighted by atomic mass is 35.5. The first-order valence-corrected chi connectivity index (χ1v) is 16.6. The lowest BCUT2D eigenvalue weighted by atomic mass is 9.82. The van der Waals surface area contributed by atoms with Gasteiger partial charge in [-0.3, -0.25) is 0 Å². The van der Waals surface area contributed by atoms with Crippen LogP contribution in [0.4, 0.5) is 5.69 Å². The zero-order valence-electron chi connectivity index (χ0n) is 26.2. The number of benzene rings is 4. The number of carbonyl (C=O) groups is 2. The molecule has 0 saturated carbocycles. The maximum absolute atomic E-state index is 13.5. The Balaban J connectivity index is 1.25.